The van der Waals surface area contributed by atoms with Gasteiger partial charge in [0.15, 0.2) is 0 Å². The van der Waals surface area contributed by atoms with E-state index in [9.17, 15) is 9.59 Å². The highest BCUT2D eigenvalue weighted by atomic mass is 16.5. The van der Waals surface area contributed by atoms with E-state index in [1.54, 1.807) is 20.1 Å². The van der Waals surface area contributed by atoms with Crippen LogP contribution in [0.5, 0.6) is 5.75 Å². The number of para-hydroxylation sites is 2. The van der Waals surface area contributed by atoms with Gasteiger partial charge in [0.2, 0.25) is 0 Å². The predicted molar refractivity (Wildman–Crippen MR) is 73.8 cm³/mol. The number of Topliss-reactive ketones (excluding diaryl/α,β-unsaturated/α-hetero) is 1. The number of aliphatic carboxylic acids is 1. The minimum atomic E-state index is -1.45. The average molecular weight is 273 g/mol. The van der Waals surface area contributed by atoms with Gasteiger partial charge < -0.3 is 14.4 Å². The molecule has 0 unspecified atom stereocenters. The van der Waals surface area contributed by atoms with Crippen LogP contribution in [0.15, 0.2) is 30.3 Å². The molecule has 104 valence electrons. The van der Waals surface area contributed by atoms with E-state index in [0.717, 1.165) is 11.4 Å². The maximum absolute atomic E-state index is 11.7. The van der Waals surface area contributed by atoms with Crippen LogP contribution in [0.2, 0.25) is 0 Å². The van der Waals surface area contributed by atoms with Gasteiger partial charge in [-0.1, -0.05) is 12.1 Å². The SMILES string of the molecule is COc1ccccc1-n1c(C)cc(C(=O)C(=O)O)c1C. The van der Waals surface area contributed by atoms with Crippen molar-refractivity contribution in [1.82, 2.24) is 4.57 Å². The van der Waals surface area contributed by atoms with Gasteiger partial charge in [-0.05, 0) is 32.0 Å². The van der Waals surface area contributed by atoms with Crippen molar-refractivity contribution in [2.75, 3.05) is 7.11 Å². The Morgan fingerprint density at radius 1 is 1.20 bits per heavy atom. The van der Waals surface area contributed by atoms with E-state index < -0.39 is 11.8 Å². The molecule has 1 heterocycles. The number of carboxylic acids is 1. The van der Waals surface area contributed by atoms with Crippen LogP contribution in [-0.4, -0.2) is 28.5 Å². The molecule has 2 rings (SSSR count). The fourth-order valence-corrected chi connectivity index (χ4v) is 2.29. The topological polar surface area (TPSA) is 68.5 Å². The second-order valence-corrected chi connectivity index (χ2v) is 4.43. The molecule has 0 aliphatic rings. The quantitative estimate of drug-likeness (QED) is 0.686. The number of benzene rings is 1. The van der Waals surface area contributed by atoms with Crippen LogP contribution >= 0.6 is 0 Å². The third-order valence-electron chi connectivity index (χ3n) is 3.20. The molecule has 0 aliphatic carbocycles. The zero-order valence-electron chi connectivity index (χ0n) is 11.5. The standard InChI is InChI=1S/C15H15NO4/c1-9-8-11(14(17)15(18)19)10(2)16(9)12-6-4-5-7-13(12)20-3/h4-8H,1-3H3,(H,18,19). The van der Waals surface area contributed by atoms with Crippen LogP contribution in [0.25, 0.3) is 5.69 Å². The minimum Gasteiger partial charge on any atom is -0.495 e. The van der Waals surface area contributed by atoms with Crippen LogP contribution in [0.4, 0.5) is 0 Å². The molecule has 1 aromatic carbocycles. The normalized spacial score (nSPS) is 10.3. The van der Waals surface area contributed by atoms with Crippen LogP contribution < -0.4 is 4.74 Å². The fourth-order valence-electron chi connectivity index (χ4n) is 2.29. The molecular weight excluding hydrogens is 258 g/mol. The van der Waals surface area contributed by atoms with Crippen molar-refractivity contribution >= 4 is 11.8 Å². The average Bonchev–Trinajstić information content (AvgIpc) is 2.73. The largest absolute Gasteiger partial charge is 0.495 e. The van der Waals surface area contributed by atoms with Gasteiger partial charge in [-0.2, -0.15) is 0 Å². The van der Waals surface area contributed by atoms with E-state index in [4.69, 9.17) is 9.84 Å². The highest BCUT2D eigenvalue weighted by molar-refractivity contribution is 6.40. The Morgan fingerprint density at radius 2 is 1.85 bits per heavy atom. The molecule has 1 aromatic heterocycles. The van der Waals surface area contributed by atoms with Gasteiger partial charge in [-0.25, -0.2) is 4.79 Å². The highest BCUT2D eigenvalue weighted by Gasteiger charge is 2.22. The molecule has 5 nitrogen and oxygen atoms in total. The number of rotatable bonds is 4. The lowest BCUT2D eigenvalue weighted by molar-refractivity contribution is -0.131. The first-order chi connectivity index (χ1) is 9.47. The molecular formula is C15H15NO4. The van der Waals surface area contributed by atoms with Gasteiger partial charge in [0.1, 0.15) is 5.75 Å². The van der Waals surface area contributed by atoms with Gasteiger partial charge in [0, 0.05) is 11.4 Å². The van der Waals surface area contributed by atoms with Gasteiger partial charge in [0.05, 0.1) is 18.4 Å². The summed E-state index contributed by atoms with van der Waals surface area (Å²) >= 11 is 0. The van der Waals surface area contributed by atoms with Crippen molar-refractivity contribution in [3.63, 3.8) is 0 Å². The molecule has 0 atom stereocenters. The second-order valence-electron chi connectivity index (χ2n) is 4.43. The van der Waals surface area contributed by atoms with E-state index in [2.05, 4.69) is 0 Å². The van der Waals surface area contributed by atoms with E-state index in [1.165, 1.54) is 0 Å². The number of hydrogen-bond acceptors (Lipinski definition) is 3. The highest BCUT2D eigenvalue weighted by Crippen LogP contribution is 2.28. The summed E-state index contributed by atoms with van der Waals surface area (Å²) in [4.78, 5) is 22.5. The first-order valence-electron chi connectivity index (χ1n) is 6.07. The summed E-state index contributed by atoms with van der Waals surface area (Å²) in [5.74, 6) is -1.70. The Morgan fingerprint density at radius 3 is 2.45 bits per heavy atom. The molecule has 0 spiro atoms. The number of aryl methyl sites for hydroxylation is 1. The van der Waals surface area contributed by atoms with E-state index in [0.29, 0.717) is 11.4 Å². The van der Waals surface area contributed by atoms with Crippen molar-refractivity contribution < 1.29 is 19.4 Å². The van der Waals surface area contributed by atoms with Crippen LogP contribution in [0, 0.1) is 13.8 Å². The number of nitrogens with zero attached hydrogens (tertiary/aromatic N) is 1. The molecule has 0 fully saturated rings. The molecule has 0 bridgehead atoms. The molecule has 5 heteroatoms. The lowest BCUT2D eigenvalue weighted by atomic mass is 10.1. The number of carboxylic acid groups (broad SMARTS) is 1. The Kier molecular flexibility index (Phi) is 3.61. The summed E-state index contributed by atoms with van der Waals surface area (Å²) in [5, 5.41) is 8.85. The smallest absolute Gasteiger partial charge is 0.377 e. The van der Waals surface area contributed by atoms with E-state index in [-0.39, 0.29) is 5.56 Å². The van der Waals surface area contributed by atoms with Gasteiger partial charge in [-0.15, -0.1) is 0 Å². The number of ketones is 1. The molecule has 0 saturated carbocycles. The Hall–Kier alpha value is -2.56. The summed E-state index contributed by atoms with van der Waals surface area (Å²) in [5.41, 5.74) is 2.33. The van der Waals surface area contributed by atoms with Crippen molar-refractivity contribution in [3.05, 3.63) is 47.3 Å². The van der Waals surface area contributed by atoms with Crippen LogP contribution in [0.3, 0.4) is 0 Å². The molecule has 0 amide bonds. The molecule has 0 radical (unpaired) electrons. The third kappa shape index (κ3) is 2.18. The number of aromatic nitrogens is 1. The van der Waals surface area contributed by atoms with E-state index >= 15 is 0 Å². The van der Waals surface area contributed by atoms with Crippen LogP contribution in [-0.2, 0) is 4.79 Å². The third-order valence-corrected chi connectivity index (χ3v) is 3.20. The zero-order chi connectivity index (χ0) is 14.9. The lowest BCUT2D eigenvalue weighted by Crippen LogP contribution is -2.13. The van der Waals surface area contributed by atoms with Crippen molar-refractivity contribution in [2.24, 2.45) is 0 Å². The minimum absolute atomic E-state index is 0.195. The van der Waals surface area contributed by atoms with Crippen molar-refractivity contribution in [3.8, 4) is 11.4 Å². The Labute approximate surface area is 116 Å². The first kappa shape index (κ1) is 13.9. The molecule has 0 saturated heterocycles. The van der Waals surface area contributed by atoms with Crippen LogP contribution in [0.1, 0.15) is 21.7 Å². The van der Waals surface area contributed by atoms with Gasteiger partial charge in [0.25, 0.3) is 5.78 Å². The van der Waals surface area contributed by atoms with Crippen molar-refractivity contribution in [1.29, 1.82) is 0 Å². The Balaban J connectivity index is 2.64. The maximum Gasteiger partial charge on any atom is 0.377 e. The number of carbonyl (C=O) groups excluding carboxylic acids is 1. The number of carbonyl (C=O) groups is 2. The molecule has 2 aromatic rings. The summed E-state index contributed by atoms with van der Waals surface area (Å²) in [7, 11) is 1.57. The molecule has 1 N–H and O–H groups in total. The van der Waals surface area contributed by atoms with Gasteiger partial charge >= 0.3 is 5.97 Å². The summed E-state index contributed by atoms with van der Waals surface area (Å²) in [6.07, 6.45) is 0. The van der Waals surface area contributed by atoms with Gasteiger partial charge in [-0.3, -0.25) is 4.79 Å². The summed E-state index contributed by atoms with van der Waals surface area (Å²) in [6, 6.07) is 8.95. The monoisotopic (exact) mass is 273 g/mol. The maximum atomic E-state index is 11.7. The zero-order valence-corrected chi connectivity index (χ0v) is 11.5. The number of ether oxygens (including phenoxy) is 1. The molecule has 20 heavy (non-hydrogen) atoms. The van der Waals surface area contributed by atoms with Crippen molar-refractivity contribution in [2.45, 2.75) is 13.8 Å². The Bertz CT molecular complexity index is 685. The first-order valence-corrected chi connectivity index (χ1v) is 6.07. The fraction of sp³-hybridized carbons (Fsp3) is 0.200. The summed E-state index contributed by atoms with van der Waals surface area (Å²) in [6.45, 7) is 3.54. The lowest BCUT2D eigenvalue weighted by Gasteiger charge is -2.13. The van der Waals surface area contributed by atoms with E-state index in [1.807, 2.05) is 35.8 Å². The predicted octanol–water partition coefficient (Wildman–Crippen LogP) is 2.37. The number of methoxy groups -OCH3 is 1. The summed E-state index contributed by atoms with van der Waals surface area (Å²) < 4.78 is 7.12. The molecule has 0 aliphatic heterocycles. The number of hydrogen-bond donors (Lipinski definition) is 1. The second kappa shape index (κ2) is 5.21.